The average Bonchev–Trinajstić information content (AvgIpc) is 2.79. The Morgan fingerprint density at radius 3 is 2.71 bits per heavy atom. The number of hydrogen-bond donors (Lipinski definition) is 1. The average molecular weight is 318 g/mol. The van der Waals surface area contributed by atoms with E-state index in [9.17, 15) is 21.5 Å². The summed E-state index contributed by atoms with van der Waals surface area (Å²) < 4.78 is 48.4. The SMILES string of the molecule is CCCNc1ccc(F)cc1N1CC(S(=O)(=O)F)CC1=O. The van der Waals surface area contributed by atoms with Gasteiger partial charge in [0.1, 0.15) is 11.1 Å². The Hall–Kier alpha value is -1.70. The van der Waals surface area contributed by atoms with Crippen LogP contribution in [0.2, 0.25) is 0 Å². The zero-order chi connectivity index (χ0) is 15.6. The topological polar surface area (TPSA) is 66.5 Å². The van der Waals surface area contributed by atoms with Gasteiger partial charge in [0.2, 0.25) is 5.91 Å². The Labute approximate surface area is 122 Å². The molecule has 1 aromatic rings. The van der Waals surface area contributed by atoms with Gasteiger partial charge in [-0.1, -0.05) is 6.92 Å². The standard InChI is InChI=1S/C13H16F2N2O3S/c1-2-5-16-11-4-3-9(14)6-12(11)17-8-10(7-13(17)18)21(15,19)20/h3-4,6,10,16H,2,5,7-8H2,1H3. The fourth-order valence-corrected chi connectivity index (χ4v) is 2.90. The highest BCUT2D eigenvalue weighted by molar-refractivity contribution is 7.87. The van der Waals surface area contributed by atoms with E-state index in [0.29, 0.717) is 12.2 Å². The minimum Gasteiger partial charge on any atom is -0.383 e. The van der Waals surface area contributed by atoms with Crippen molar-refractivity contribution in [1.29, 1.82) is 0 Å². The first kappa shape index (κ1) is 15.7. The molecule has 0 saturated carbocycles. The zero-order valence-corrected chi connectivity index (χ0v) is 12.3. The summed E-state index contributed by atoms with van der Waals surface area (Å²) in [6, 6.07) is 3.86. The van der Waals surface area contributed by atoms with Gasteiger partial charge in [-0.3, -0.25) is 4.79 Å². The fourth-order valence-electron chi connectivity index (χ4n) is 2.23. The van der Waals surface area contributed by atoms with Crippen LogP contribution in [-0.4, -0.2) is 32.7 Å². The maximum Gasteiger partial charge on any atom is 0.307 e. The Bertz CT molecular complexity index is 649. The number of nitrogens with zero attached hydrogens (tertiary/aromatic N) is 1. The molecule has 8 heteroatoms. The van der Waals surface area contributed by atoms with E-state index in [1.165, 1.54) is 12.1 Å². The lowest BCUT2D eigenvalue weighted by molar-refractivity contribution is -0.117. The van der Waals surface area contributed by atoms with Gasteiger partial charge in [0, 0.05) is 19.5 Å². The van der Waals surface area contributed by atoms with Crippen molar-refractivity contribution in [2.75, 3.05) is 23.3 Å². The predicted molar refractivity (Wildman–Crippen MR) is 76.0 cm³/mol. The third kappa shape index (κ3) is 3.49. The number of carbonyl (C=O) groups excluding carboxylic acids is 1. The van der Waals surface area contributed by atoms with E-state index in [-0.39, 0.29) is 12.2 Å². The van der Waals surface area contributed by atoms with Crippen molar-refractivity contribution in [2.24, 2.45) is 0 Å². The largest absolute Gasteiger partial charge is 0.383 e. The lowest BCUT2D eigenvalue weighted by Crippen LogP contribution is -2.28. The summed E-state index contributed by atoms with van der Waals surface area (Å²) in [5.74, 6) is -1.09. The van der Waals surface area contributed by atoms with Crippen LogP contribution in [0.25, 0.3) is 0 Å². The van der Waals surface area contributed by atoms with E-state index >= 15 is 0 Å². The molecule has 0 bridgehead atoms. The van der Waals surface area contributed by atoms with E-state index < -0.39 is 33.6 Å². The van der Waals surface area contributed by atoms with Gasteiger partial charge in [-0.2, -0.15) is 8.42 Å². The molecule has 0 aliphatic carbocycles. The van der Waals surface area contributed by atoms with Crippen LogP contribution < -0.4 is 10.2 Å². The van der Waals surface area contributed by atoms with Crippen molar-refractivity contribution >= 4 is 27.5 Å². The predicted octanol–water partition coefficient (Wildman–Crippen LogP) is 2.05. The molecule has 1 heterocycles. The smallest absolute Gasteiger partial charge is 0.307 e. The molecular weight excluding hydrogens is 302 g/mol. The highest BCUT2D eigenvalue weighted by Crippen LogP contribution is 2.32. The van der Waals surface area contributed by atoms with Gasteiger partial charge in [0.05, 0.1) is 11.4 Å². The summed E-state index contributed by atoms with van der Waals surface area (Å²) in [7, 11) is -4.79. The molecule has 0 aromatic heterocycles. The van der Waals surface area contributed by atoms with E-state index in [0.717, 1.165) is 17.4 Å². The molecule has 1 fully saturated rings. The van der Waals surface area contributed by atoms with Gasteiger partial charge in [-0.25, -0.2) is 4.39 Å². The molecular formula is C13H16F2N2O3S. The number of anilines is 2. The van der Waals surface area contributed by atoms with Crippen LogP contribution in [-0.2, 0) is 15.0 Å². The molecule has 1 N–H and O–H groups in total. The van der Waals surface area contributed by atoms with Gasteiger partial charge in [0.15, 0.2) is 0 Å². The molecule has 2 rings (SSSR count). The third-order valence-electron chi connectivity index (χ3n) is 3.30. The minimum atomic E-state index is -4.79. The van der Waals surface area contributed by atoms with E-state index in [1.54, 1.807) is 0 Å². The van der Waals surface area contributed by atoms with E-state index in [1.807, 2.05) is 6.92 Å². The molecule has 116 valence electrons. The maximum absolute atomic E-state index is 13.4. The fraction of sp³-hybridized carbons (Fsp3) is 0.462. The molecule has 1 saturated heterocycles. The first-order valence-electron chi connectivity index (χ1n) is 6.60. The van der Waals surface area contributed by atoms with Gasteiger partial charge >= 0.3 is 10.2 Å². The van der Waals surface area contributed by atoms with Crippen molar-refractivity contribution in [3.05, 3.63) is 24.0 Å². The monoisotopic (exact) mass is 318 g/mol. The number of benzene rings is 1. The molecule has 1 unspecified atom stereocenters. The van der Waals surface area contributed by atoms with Crippen molar-refractivity contribution in [3.8, 4) is 0 Å². The first-order chi connectivity index (χ1) is 9.82. The van der Waals surface area contributed by atoms with Crippen molar-refractivity contribution < 1.29 is 21.5 Å². The highest BCUT2D eigenvalue weighted by Gasteiger charge is 2.39. The second-order valence-electron chi connectivity index (χ2n) is 4.89. The summed E-state index contributed by atoms with van der Waals surface area (Å²) in [4.78, 5) is 13.0. The molecule has 1 amide bonds. The minimum absolute atomic E-state index is 0.236. The second-order valence-corrected chi connectivity index (χ2v) is 6.51. The molecule has 21 heavy (non-hydrogen) atoms. The number of rotatable bonds is 5. The summed E-state index contributed by atoms with van der Waals surface area (Å²) in [6.07, 6.45) is 0.398. The summed E-state index contributed by atoms with van der Waals surface area (Å²) >= 11 is 0. The van der Waals surface area contributed by atoms with Crippen LogP contribution in [0, 0.1) is 5.82 Å². The molecule has 0 spiro atoms. The lowest BCUT2D eigenvalue weighted by atomic mass is 10.2. The van der Waals surface area contributed by atoms with Gasteiger partial charge < -0.3 is 10.2 Å². The maximum atomic E-state index is 13.4. The summed E-state index contributed by atoms with van der Waals surface area (Å²) in [5, 5.41) is 1.64. The van der Waals surface area contributed by atoms with Crippen LogP contribution >= 0.6 is 0 Å². The summed E-state index contributed by atoms with van der Waals surface area (Å²) in [6.45, 7) is 2.26. The zero-order valence-electron chi connectivity index (χ0n) is 11.5. The van der Waals surface area contributed by atoms with Crippen LogP contribution in [0.1, 0.15) is 19.8 Å². The van der Waals surface area contributed by atoms with Crippen molar-refractivity contribution in [3.63, 3.8) is 0 Å². The molecule has 1 atom stereocenters. The molecule has 0 radical (unpaired) electrons. The van der Waals surface area contributed by atoms with Gasteiger partial charge in [-0.15, -0.1) is 3.89 Å². The van der Waals surface area contributed by atoms with Crippen LogP contribution in [0.15, 0.2) is 18.2 Å². The Morgan fingerprint density at radius 1 is 1.43 bits per heavy atom. The number of carbonyl (C=O) groups is 1. The number of halogens is 2. The Balaban J connectivity index is 2.33. The lowest BCUT2D eigenvalue weighted by Gasteiger charge is -2.20. The number of hydrogen-bond acceptors (Lipinski definition) is 4. The van der Waals surface area contributed by atoms with Gasteiger partial charge in [-0.05, 0) is 24.6 Å². The number of amides is 1. The second kappa shape index (κ2) is 5.97. The van der Waals surface area contributed by atoms with Gasteiger partial charge in [0.25, 0.3) is 0 Å². The molecule has 1 aliphatic rings. The Morgan fingerprint density at radius 2 is 2.14 bits per heavy atom. The van der Waals surface area contributed by atoms with Crippen LogP contribution in [0.3, 0.4) is 0 Å². The molecule has 1 aliphatic heterocycles. The highest BCUT2D eigenvalue weighted by atomic mass is 32.3. The quantitative estimate of drug-likeness (QED) is 0.844. The van der Waals surface area contributed by atoms with E-state index in [2.05, 4.69) is 5.32 Å². The van der Waals surface area contributed by atoms with Crippen molar-refractivity contribution in [1.82, 2.24) is 0 Å². The normalized spacial score (nSPS) is 19.1. The number of nitrogens with one attached hydrogen (secondary N) is 1. The third-order valence-corrected chi connectivity index (χ3v) is 4.42. The molecule has 1 aromatic carbocycles. The van der Waals surface area contributed by atoms with Crippen LogP contribution in [0.5, 0.6) is 0 Å². The van der Waals surface area contributed by atoms with E-state index in [4.69, 9.17) is 0 Å². The van der Waals surface area contributed by atoms with Crippen LogP contribution in [0.4, 0.5) is 19.7 Å². The van der Waals surface area contributed by atoms with Crippen molar-refractivity contribution in [2.45, 2.75) is 25.0 Å². The first-order valence-corrected chi connectivity index (χ1v) is 8.05. The Kier molecular flexibility index (Phi) is 4.46. The molecule has 5 nitrogen and oxygen atoms in total. The summed E-state index contributed by atoms with van der Waals surface area (Å²) in [5.41, 5.74) is 0.753.